The van der Waals surface area contributed by atoms with Crippen molar-refractivity contribution >= 4 is 5.91 Å². The van der Waals surface area contributed by atoms with Gasteiger partial charge in [-0.15, -0.1) is 0 Å². The summed E-state index contributed by atoms with van der Waals surface area (Å²) in [5.41, 5.74) is 0. The number of rotatable bonds is 7. The number of amides is 1. The van der Waals surface area contributed by atoms with Gasteiger partial charge in [-0.2, -0.15) is 4.98 Å². The lowest BCUT2D eigenvalue weighted by molar-refractivity contribution is -0.122. The summed E-state index contributed by atoms with van der Waals surface area (Å²) in [5.74, 6) is 2.33. The molecule has 1 aromatic rings. The monoisotopic (exact) mass is 323 g/mol. The van der Waals surface area contributed by atoms with E-state index in [1.54, 1.807) is 0 Å². The zero-order valence-electron chi connectivity index (χ0n) is 14.7. The predicted octanol–water partition coefficient (Wildman–Crippen LogP) is 1.08. The van der Waals surface area contributed by atoms with Gasteiger partial charge in [0.05, 0.1) is 13.1 Å². The first-order valence-corrected chi connectivity index (χ1v) is 8.48. The van der Waals surface area contributed by atoms with Gasteiger partial charge < -0.3 is 9.84 Å². The zero-order chi connectivity index (χ0) is 16.8. The topological polar surface area (TPSA) is 74.5 Å². The molecule has 1 saturated heterocycles. The normalized spacial score (nSPS) is 17.1. The van der Waals surface area contributed by atoms with E-state index in [-0.39, 0.29) is 11.8 Å². The maximum absolute atomic E-state index is 11.9. The predicted molar refractivity (Wildman–Crippen MR) is 88.0 cm³/mol. The van der Waals surface area contributed by atoms with Crippen LogP contribution in [0.4, 0.5) is 0 Å². The smallest absolute Gasteiger partial charge is 0.240 e. The molecule has 0 bridgehead atoms. The highest BCUT2D eigenvalue weighted by atomic mass is 16.5. The Kier molecular flexibility index (Phi) is 6.53. The third kappa shape index (κ3) is 5.91. The van der Waals surface area contributed by atoms with E-state index in [0.29, 0.717) is 24.9 Å². The Morgan fingerprint density at radius 3 is 2.39 bits per heavy atom. The molecule has 1 amide bonds. The molecule has 1 N–H and O–H groups in total. The Morgan fingerprint density at radius 1 is 1.17 bits per heavy atom. The van der Waals surface area contributed by atoms with Crippen molar-refractivity contribution in [2.45, 2.75) is 40.2 Å². The van der Waals surface area contributed by atoms with Crippen LogP contribution >= 0.6 is 0 Å². The van der Waals surface area contributed by atoms with Gasteiger partial charge in [0, 0.05) is 38.6 Å². The van der Waals surface area contributed by atoms with Crippen molar-refractivity contribution in [1.29, 1.82) is 0 Å². The molecule has 1 aliphatic heterocycles. The minimum absolute atomic E-state index is 0.116. The second-order valence-electron chi connectivity index (χ2n) is 6.95. The van der Waals surface area contributed by atoms with E-state index in [1.165, 1.54) is 0 Å². The number of aromatic nitrogens is 2. The van der Waals surface area contributed by atoms with Gasteiger partial charge in [0.25, 0.3) is 0 Å². The van der Waals surface area contributed by atoms with Crippen LogP contribution in [0.1, 0.15) is 45.3 Å². The summed E-state index contributed by atoms with van der Waals surface area (Å²) in [5, 5.41) is 6.96. The Labute approximate surface area is 138 Å². The van der Waals surface area contributed by atoms with E-state index in [2.05, 4.69) is 53.0 Å². The van der Waals surface area contributed by atoms with Crippen LogP contribution in [0.25, 0.3) is 0 Å². The SMILES string of the molecule is CC(C)CNC(=O)CN1CCN(Cc2nc(C(C)C)no2)CC1. The van der Waals surface area contributed by atoms with E-state index in [9.17, 15) is 4.79 Å². The molecule has 0 aromatic carbocycles. The Bertz CT molecular complexity index is 492. The first-order chi connectivity index (χ1) is 10.9. The molecule has 0 saturated carbocycles. The molecule has 2 rings (SSSR count). The van der Waals surface area contributed by atoms with Crippen LogP contribution in [-0.4, -0.2) is 65.1 Å². The molecule has 0 aliphatic carbocycles. The molecule has 130 valence electrons. The van der Waals surface area contributed by atoms with Gasteiger partial charge in [0.1, 0.15) is 0 Å². The molecule has 23 heavy (non-hydrogen) atoms. The van der Waals surface area contributed by atoms with Crippen molar-refractivity contribution in [3.05, 3.63) is 11.7 Å². The molecule has 1 aliphatic rings. The lowest BCUT2D eigenvalue weighted by Crippen LogP contribution is -2.49. The lowest BCUT2D eigenvalue weighted by atomic mass is 10.2. The molecule has 2 heterocycles. The number of nitrogens with zero attached hydrogens (tertiary/aromatic N) is 4. The highest BCUT2D eigenvalue weighted by molar-refractivity contribution is 5.78. The van der Waals surface area contributed by atoms with Crippen LogP contribution in [0.2, 0.25) is 0 Å². The first-order valence-electron chi connectivity index (χ1n) is 8.48. The molecule has 0 atom stereocenters. The summed E-state index contributed by atoms with van der Waals surface area (Å²) in [6.45, 7) is 13.8. The van der Waals surface area contributed by atoms with Crippen molar-refractivity contribution in [3.63, 3.8) is 0 Å². The molecule has 7 nitrogen and oxygen atoms in total. The summed E-state index contributed by atoms with van der Waals surface area (Å²) in [7, 11) is 0. The van der Waals surface area contributed by atoms with Gasteiger partial charge in [-0.05, 0) is 5.92 Å². The van der Waals surface area contributed by atoms with Crippen molar-refractivity contribution in [1.82, 2.24) is 25.3 Å². The molecule has 7 heteroatoms. The molecule has 0 unspecified atom stereocenters. The first kappa shape index (κ1) is 17.9. The number of carbonyl (C=O) groups excluding carboxylic acids is 1. The van der Waals surface area contributed by atoms with Crippen molar-refractivity contribution in [2.75, 3.05) is 39.3 Å². The molecule has 1 fully saturated rings. The van der Waals surface area contributed by atoms with Crippen LogP contribution in [0, 0.1) is 5.92 Å². The largest absolute Gasteiger partial charge is 0.355 e. The Hall–Kier alpha value is -1.47. The molecular formula is C16H29N5O2. The van der Waals surface area contributed by atoms with Gasteiger partial charge >= 0.3 is 0 Å². The maximum atomic E-state index is 11.9. The summed E-state index contributed by atoms with van der Waals surface area (Å²) in [6, 6.07) is 0. The molecule has 0 spiro atoms. The number of piperazine rings is 1. The average Bonchev–Trinajstić information content (AvgIpc) is 2.96. The minimum Gasteiger partial charge on any atom is -0.355 e. The van der Waals surface area contributed by atoms with E-state index in [4.69, 9.17) is 4.52 Å². The lowest BCUT2D eigenvalue weighted by Gasteiger charge is -2.33. The Balaban J connectivity index is 1.70. The van der Waals surface area contributed by atoms with Gasteiger partial charge in [-0.25, -0.2) is 0 Å². The number of hydrogen-bond acceptors (Lipinski definition) is 6. The van der Waals surface area contributed by atoms with Gasteiger partial charge in [0.15, 0.2) is 5.82 Å². The fourth-order valence-electron chi connectivity index (χ4n) is 2.44. The van der Waals surface area contributed by atoms with Gasteiger partial charge in [-0.3, -0.25) is 14.6 Å². The third-order valence-corrected chi connectivity index (χ3v) is 3.90. The van der Waals surface area contributed by atoms with Crippen LogP contribution in [0.15, 0.2) is 4.52 Å². The fourth-order valence-corrected chi connectivity index (χ4v) is 2.44. The average molecular weight is 323 g/mol. The van der Waals surface area contributed by atoms with E-state index < -0.39 is 0 Å². The van der Waals surface area contributed by atoms with E-state index in [0.717, 1.165) is 38.5 Å². The summed E-state index contributed by atoms with van der Waals surface area (Å²) < 4.78 is 5.29. The summed E-state index contributed by atoms with van der Waals surface area (Å²) >= 11 is 0. The summed E-state index contributed by atoms with van der Waals surface area (Å²) in [4.78, 5) is 20.8. The van der Waals surface area contributed by atoms with Crippen molar-refractivity contribution < 1.29 is 9.32 Å². The molecule has 0 radical (unpaired) electrons. The van der Waals surface area contributed by atoms with Crippen LogP contribution in [0.5, 0.6) is 0 Å². The van der Waals surface area contributed by atoms with E-state index in [1.807, 2.05) is 0 Å². The zero-order valence-corrected chi connectivity index (χ0v) is 14.7. The quantitative estimate of drug-likeness (QED) is 0.809. The van der Waals surface area contributed by atoms with Gasteiger partial charge in [-0.1, -0.05) is 32.9 Å². The number of hydrogen-bond donors (Lipinski definition) is 1. The van der Waals surface area contributed by atoms with Crippen LogP contribution < -0.4 is 5.32 Å². The highest BCUT2D eigenvalue weighted by Crippen LogP contribution is 2.12. The molecule has 1 aromatic heterocycles. The standard InChI is InChI=1S/C16H29N5O2/c1-12(2)9-17-14(22)10-20-5-7-21(8-6-20)11-15-18-16(13(3)4)19-23-15/h12-13H,5-11H2,1-4H3,(H,17,22). The van der Waals surface area contributed by atoms with E-state index >= 15 is 0 Å². The highest BCUT2D eigenvalue weighted by Gasteiger charge is 2.21. The minimum atomic E-state index is 0.116. The van der Waals surface area contributed by atoms with Crippen molar-refractivity contribution in [3.8, 4) is 0 Å². The second kappa shape index (κ2) is 8.40. The Morgan fingerprint density at radius 2 is 1.83 bits per heavy atom. The second-order valence-corrected chi connectivity index (χ2v) is 6.95. The fraction of sp³-hybridized carbons (Fsp3) is 0.812. The molecular weight excluding hydrogens is 294 g/mol. The third-order valence-electron chi connectivity index (χ3n) is 3.90. The maximum Gasteiger partial charge on any atom is 0.240 e. The van der Waals surface area contributed by atoms with Crippen molar-refractivity contribution in [2.24, 2.45) is 5.92 Å². The number of carbonyl (C=O) groups is 1. The summed E-state index contributed by atoms with van der Waals surface area (Å²) in [6.07, 6.45) is 0. The van der Waals surface area contributed by atoms with Crippen LogP contribution in [-0.2, 0) is 11.3 Å². The number of nitrogens with one attached hydrogen (secondary N) is 1. The van der Waals surface area contributed by atoms with Gasteiger partial charge in [0.2, 0.25) is 11.8 Å². The van der Waals surface area contributed by atoms with Crippen LogP contribution in [0.3, 0.4) is 0 Å².